The van der Waals surface area contributed by atoms with E-state index < -0.39 is 0 Å². The van der Waals surface area contributed by atoms with Gasteiger partial charge in [-0.1, -0.05) is 18.2 Å². The van der Waals surface area contributed by atoms with Gasteiger partial charge < -0.3 is 16.4 Å². The predicted molar refractivity (Wildman–Crippen MR) is 145 cm³/mol. The Morgan fingerprint density at radius 1 is 1.00 bits per heavy atom. The van der Waals surface area contributed by atoms with Crippen LogP contribution in [-0.2, 0) is 6.54 Å². The van der Waals surface area contributed by atoms with Gasteiger partial charge in [-0.15, -0.1) is 0 Å². The summed E-state index contributed by atoms with van der Waals surface area (Å²) in [5, 5.41) is 12.5. The van der Waals surface area contributed by atoms with Crippen LogP contribution in [0.25, 0.3) is 6.08 Å². The number of pyridine rings is 2. The van der Waals surface area contributed by atoms with Crippen molar-refractivity contribution in [2.45, 2.75) is 20.4 Å². The summed E-state index contributed by atoms with van der Waals surface area (Å²) in [6.07, 6.45) is 5.41. The Morgan fingerprint density at radius 2 is 1.83 bits per heavy atom. The lowest BCUT2D eigenvalue weighted by molar-refractivity contribution is -0.110. The van der Waals surface area contributed by atoms with Gasteiger partial charge in [-0.25, -0.2) is 0 Å². The molecule has 0 unspecified atom stereocenters. The summed E-state index contributed by atoms with van der Waals surface area (Å²) in [6.45, 7) is 4.28. The van der Waals surface area contributed by atoms with Gasteiger partial charge in [0, 0.05) is 29.3 Å². The zero-order valence-corrected chi connectivity index (χ0v) is 20.3. The maximum absolute atomic E-state index is 12.9. The minimum absolute atomic E-state index is 0.196. The lowest BCUT2D eigenvalue weighted by atomic mass is 10.1. The molecule has 0 aliphatic heterocycles. The number of carbonyl (C=O) groups is 1. The summed E-state index contributed by atoms with van der Waals surface area (Å²) in [7, 11) is 0. The Balaban J connectivity index is 1.46. The smallest absolute Gasteiger partial charge is 0.253 e. The Labute approximate surface area is 210 Å². The highest BCUT2D eigenvalue weighted by Crippen LogP contribution is 2.24. The van der Waals surface area contributed by atoms with Crippen LogP contribution in [0.5, 0.6) is 0 Å². The molecule has 0 atom stereocenters. The number of nitrogen functional groups attached to an aromatic ring is 1. The molecule has 2 aromatic carbocycles. The summed E-state index contributed by atoms with van der Waals surface area (Å²) in [4.78, 5) is 21.6. The molecule has 4 aromatic rings. The van der Waals surface area contributed by atoms with Gasteiger partial charge in [-0.3, -0.25) is 20.2 Å². The third-order valence-electron chi connectivity index (χ3n) is 5.56. The summed E-state index contributed by atoms with van der Waals surface area (Å²) in [5.74, 6) is -0.196. The zero-order chi connectivity index (χ0) is 25.5. The number of carbonyl (C=O) groups excluding carboxylic acids is 1. The fourth-order valence-electron chi connectivity index (χ4n) is 3.73. The number of aryl methyl sites for hydroxylation is 2. The summed E-state index contributed by atoms with van der Waals surface area (Å²) >= 11 is 0. The molecule has 0 radical (unpaired) electrons. The number of allylic oxidation sites excluding steroid dienone is 1. The zero-order valence-electron chi connectivity index (χ0n) is 20.3. The van der Waals surface area contributed by atoms with Crippen LogP contribution in [0.2, 0.25) is 0 Å². The van der Waals surface area contributed by atoms with Crippen molar-refractivity contribution in [1.82, 2.24) is 15.3 Å². The number of nitrogens with zero attached hydrogens (tertiary/aromatic N) is 2. The number of hydrogen-bond acceptors (Lipinski definition) is 5. The van der Waals surface area contributed by atoms with E-state index in [4.69, 9.17) is 11.1 Å². The van der Waals surface area contributed by atoms with Crippen LogP contribution in [0.15, 0.2) is 85.1 Å². The van der Waals surface area contributed by atoms with E-state index in [1.165, 1.54) is 0 Å². The number of rotatable bonds is 8. The highest BCUT2D eigenvalue weighted by molar-refractivity contribution is 6.10. The number of nitrogens with one attached hydrogen (secondary N) is 2. The molecule has 0 aliphatic rings. The summed E-state index contributed by atoms with van der Waals surface area (Å²) < 4.78 is 0. The highest BCUT2D eigenvalue weighted by Gasteiger charge is 2.13. The van der Waals surface area contributed by atoms with Crippen LogP contribution in [0.4, 0.5) is 17.1 Å². The Kier molecular flexibility index (Phi) is 7.51. The fourth-order valence-corrected chi connectivity index (χ4v) is 3.73. The average molecular weight is 478 g/mol. The molecule has 0 bridgehead atoms. The summed E-state index contributed by atoms with van der Waals surface area (Å²) in [6, 6.07) is 22.5. The average Bonchev–Trinajstić information content (AvgIpc) is 2.86. The van der Waals surface area contributed by atoms with Gasteiger partial charge in [0.1, 0.15) is 0 Å². The van der Waals surface area contributed by atoms with Crippen LogP contribution < -0.4 is 21.8 Å². The van der Waals surface area contributed by atoms with Gasteiger partial charge >= 0.3 is 0 Å². The van der Waals surface area contributed by atoms with Crippen LogP contribution >= 0.6 is 0 Å². The van der Waals surface area contributed by atoms with Gasteiger partial charge in [0.15, 0.2) is 0 Å². The minimum Gasteiger partial charge on any atom is -0.398 e. The number of nitrogens with two attached hydrogens (primary N) is 2. The van der Waals surface area contributed by atoms with Crippen molar-refractivity contribution in [2.75, 3.05) is 11.1 Å². The van der Waals surface area contributed by atoms with E-state index in [-0.39, 0.29) is 5.91 Å². The second kappa shape index (κ2) is 11.1. The van der Waals surface area contributed by atoms with Gasteiger partial charge in [-0.2, -0.15) is 0 Å². The van der Waals surface area contributed by atoms with Crippen molar-refractivity contribution in [3.8, 4) is 0 Å². The molecule has 4 rings (SSSR count). The van der Waals surface area contributed by atoms with Crippen molar-refractivity contribution in [2.24, 2.45) is 0 Å². The maximum atomic E-state index is 12.9. The Hall–Kier alpha value is -4.78. The minimum atomic E-state index is -0.196. The van der Waals surface area contributed by atoms with Gasteiger partial charge in [0.05, 0.1) is 34.7 Å². The number of aromatic nitrogens is 2. The maximum Gasteiger partial charge on any atom is 0.253 e. The van der Waals surface area contributed by atoms with Crippen molar-refractivity contribution >= 4 is 34.8 Å². The molecule has 2 heterocycles. The number of amides is 1. The molecule has 0 aliphatic carbocycles. The molecular weight excluding hydrogens is 448 g/mol. The molecule has 6 N–H and O–H groups in total. The monoisotopic (exact) mass is 477 g/mol. The largest absolute Gasteiger partial charge is 0.398 e. The van der Waals surface area contributed by atoms with Crippen LogP contribution in [0.1, 0.15) is 38.6 Å². The van der Waals surface area contributed by atoms with Crippen LogP contribution in [0.3, 0.4) is 0 Å². The van der Waals surface area contributed by atoms with E-state index in [2.05, 4.69) is 20.6 Å². The summed E-state index contributed by atoms with van der Waals surface area (Å²) in [5.41, 5.74) is 13.7. The predicted octanol–water partition coefficient (Wildman–Crippen LogP) is 3.61. The molecule has 36 heavy (non-hydrogen) atoms. The van der Waals surface area contributed by atoms with E-state index in [1.807, 2.05) is 80.6 Å². The first-order valence-corrected chi connectivity index (χ1v) is 11.6. The van der Waals surface area contributed by atoms with Gasteiger partial charge in [0.25, 0.3) is 5.91 Å². The van der Waals surface area contributed by atoms with Crippen molar-refractivity contribution in [3.05, 3.63) is 119 Å². The first kappa shape index (κ1) is 24.3. The number of anilines is 3. The lowest BCUT2D eigenvalue weighted by Crippen LogP contribution is -2.39. The second-order valence-corrected chi connectivity index (χ2v) is 8.47. The molecule has 0 saturated heterocycles. The molecule has 7 heteroatoms. The first-order chi connectivity index (χ1) is 17.4. The van der Waals surface area contributed by atoms with Gasteiger partial charge in [-0.05, 0) is 80.1 Å². The molecule has 0 fully saturated rings. The molecule has 2 aromatic heterocycles. The van der Waals surface area contributed by atoms with E-state index in [1.54, 1.807) is 24.4 Å². The van der Waals surface area contributed by atoms with E-state index in [0.717, 1.165) is 33.9 Å². The van der Waals surface area contributed by atoms with Crippen molar-refractivity contribution in [3.63, 3.8) is 0 Å². The highest BCUT2D eigenvalue weighted by atomic mass is 16.1. The third kappa shape index (κ3) is 6.21. The van der Waals surface area contributed by atoms with E-state index >= 15 is 0 Å². The molecule has 1 amide bonds. The second-order valence-electron chi connectivity index (χ2n) is 8.47. The van der Waals surface area contributed by atoms with Crippen molar-refractivity contribution < 1.29 is 10.2 Å². The van der Waals surface area contributed by atoms with Gasteiger partial charge in [0.2, 0.25) is 5.71 Å². The topological polar surface area (TPSA) is 119 Å². The molecule has 7 nitrogen and oxygen atoms in total. The molecule has 180 valence electrons. The van der Waals surface area contributed by atoms with Crippen LogP contribution in [0, 0.1) is 13.8 Å². The van der Waals surface area contributed by atoms with E-state index in [0.29, 0.717) is 29.2 Å². The fraction of sp³-hybridized carbons (Fsp3) is 0.103. The van der Waals surface area contributed by atoms with Crippen LogP contribution in [-0.4, -0.2) is 21.6 Å². The van der Waals surface area contributed by atoms with Crippen molar-refractivity contribution in [1.29, 1.82) is 0 Å². The van der Waals surface area contributed by atoms with E-state index in [9.17, 15) is 4.79 Å². The Bertz CT molecular complexity index is 1440. The quantitative estimate of drug-likeness (QED) is 0.228. The standard InChI is InChI=1S/C29H28N6O/c1-19-14-15-32-21(16-19)11-13-26(30)24-12-10-22(17-27(24)31)35-28-9-4-3-8-25(28)29(36)33-18-23-7-5-6-20(2)34-23/h3-17,30,35H,18,31H2,1-2H3,(H,33,36)/p+1/b13-11+,30-26?. The normalized spacial score (nSPS) is 10.8. The molecular formula is C29H29N6O+. The Morgan fingerprint density at radius 3 is 2.61 bits per heavy atom. The third-order valence-corrected chi connectivity index (χ3v) is 5.56. The molecule has 0 spiro atoms. The lowest BCUT2D eigenvalue weighted by Gasteiger charge is -2.13. The SMILES string of the molecule is Cc1ccnc(/C=C/C(=[NH2+])c2ccc(Nc3ccccc3C(=O)NCc3cccc(C)n3)cc2N)c1. The number of para-hydroxylation sites is 1. The number of benzene rings is 2. The molecule has 0 saturated carbocycles. The first-order valence-electron chi connectivity index (χ1n) is 11.6. The number of hydrogen-bond donors (Lipinski definition) is 4.